The first-order chi connectivity index (χ1) is 5.38. The summed E-state index contributed by atoms with van der Waals surface area (Å²) in [6.45, 7) is 0.513. The number of nitrogens with two attached hydrogens (primary N) is 1. The fourth-order valence-electron chi connectivity index (χ4n) is 0.927. The summed E-state index contributed by atoms with van der Waals surface area (Å²) in [6.07, 6.45) is 2.22. The van der Waals surface area contributed by atoms with Crippen molar-refractivity contribution in [3.05, 3.63) is 24.2 Å². The lowest BCUT2D eigenvalue weighted by Gasteiger charge is -2.01. The zero-order chi connectivity index (χ0) is 8.10. The molecule has 0 fully saturated rings. The smallest absolute Gasteiger partial charge is 0.120 e. The molecule has 0 aliphatic heterocycles. The largest absolute Gasteiger partial charge is 0.468 e. The summed E-state index contributed by atoms with van der Waals surface area (Å²) in [6, 6.07) is 5.70. The second-order valence-corrected chi connectivity index (χ2v) is 2.27. The highest BCUT2D eigenvalue weighted by molar-refractivity contribution is 5.13. The van der Waals surface area contributed by atoms with Gasteiger partial charge in [0.15, 0.2) is 0 Å². The highest BCUT2D eigenvalue weighted by Gasteiger charge is 2.11. The molecule has 1 atom stereocenters. The molecule has 3 heteroatoms. The molecule has 11 heavy (non-hydrogen) atoms. The van der Waals surface area contributed by atoms with E-state index in [9.17, 15) is 0 Å². The van der Waals surface area contributed by atoms with E-state index in [0.29, 0.717) is 18.7 Å². The van der Waals surface area contributed by atoms with Gasteiger partial charge in [-0.25, -0.2) is 0 Å². The van der Waals surface area contributed by atoms with E-state index in [1.54, 1.807) is 18.4 Å². The van der Waals surface area contributed by atoms with E-state index in [-0.39, 0.29) is 5.92 Å². The minimum atomic E-state index is -0.185. The Morgan fingerprint density at radius 2 is 2.55 bits per heavy atom. The van der Waals surface area contributed by atoms with Crippen LogP contribution < -0.4 is 5.73 Å². The molecule has 0 aliphatic carbocycles. The van der Waals surface area contributed by atoms with Crippen LogP contribution in [0.1, 0.15) is 18.1 Å². The lowest BCUT2D eigenvalue weighted by atomic mass is 10.1. The SMILES string of the molecule is N#CC(CCN)c1ccco1. The van der Waals surface area contributed by atoms with Crippen LogP contribution in [0.4, 0.5) is 0 Å². The van der Waals surface area contributed by atoms with E-state index < -0.39 is 0 Å². The molecule has 0 spiro atoms. The molecule has 0 saturated heterocycles. The average Bonchev–Trinajstić information content (AvgIpc) is 2.52. The van der Waals surface area contributed by atoms with Crippen molar-refractivity contribution in [2.75, 3.05) is 6.54 Å². The van der Waals surface area contributed by atoms with Gasteiger partial charge in [-0.3, -0.25) is 0 Å². The van der Waals surface area contributed by atoms with Crippen molar-refractivity contribution in [3.8, 4) is 6.07 Å². The van der Waals surface area contributed by atoms with Gasteiger partial charge in [-0.2, -0.15) is 5.26 Å². The Bertz CT molecular complexity index is 235. The molecule has 1 aromatic rings. The van der Waals surface area contributed by atoms with E-state index in [1.807, 2.05) is 0 Å². The van der Waals surface area contributed by atoms with Gasteiger partial charge in [0.2, 0.25) is 0 Å². The molecular formula is C8H10N2O. The topological polar surface area (TPSA) is 63.0 Å². The van der Waals surface area contributed by atoms with E-state index in [4.69, 9.17) is 15.4 Å². The molecule has 2 N–H and O–H groups in total. The van der Waals surface area contributed by atoms with Crippen LogP contribution in [0.25, 0.3) is 0 Å². The van der Waals surface area contributed by atoms with Crippen molar-refractivity contribution in [3.63, 3.8) is 0 Å². The van der Waals surface area contributed by atoms with Crippen molar-refractivity contribution < 1.29 is 4.42 Å². The first-order valence-corrected chi connectivity index (χ1v) is 3.51. The van der Waals surface area contributed by atoms with Crippen LogP contribution in [0.5, 0.6) is 0 Å². The average molecular weight is 150 g/mol. The molecule has 1 unspecified atom stereocenters. The second kappa shape index (κ2) is 3.79. The second-order valence-electron chi connectivity index (χ2n) is 2.27. The van der Waals surface area contributed by atoms with Crippen LogP contribution >= 0.6 is 0 Å². The molecule has 3 nitrogen and oxygen atoms in total. The molecule has 0 radical (unpaired) electrons. The van der Waals surface area contributed by atoms with Gasteiger partial charge < -0.3 is 10.2 Å². The normalized spacial score (nSPS) is 12.4. The zero-order valence-electron chi connectivity index (χ0n) is 6.16. The van der Waals surface area contributed by atoms with Crippen molar-refractivity contribution in [2.45, 2.75) is 12.3 Å². The summed E-state index contributed by atoms with van der Waals surface area (Å²) in [5.41, 5.74) is 5.32. The minimum Gasteiger partial charge on any atom is -0.468 e. The molecule has 0 bridgehead atoms. The number of hydrogen-bond acceptors (Lipinski definition) is 3. The number of rotatable bonds is 3. The maximum Gasteiger partial charge on any atom is 0.120 e. The third-order valence-corrected chi connectivity index (χ3v) is 1.50. The quantitative estimate of drug-likeness (QED) is 0.704. The van der Waals surface area contributed by atoms with Gasteiger partial charge >= 0.3 is 0 Å². The Balaban J connectivity index is 2.65. The zero-order valence-corrected chi connectivity index (χ0v) is 6.16. The van der Waals surface area contributed by atoms with Gasteiger partial charge in [-0.1, -0.05) is 0 Å². The third kappa shape index (κ3) is 1.82. The van der Waals surface area contributed by atoms with E-state index in [1.165, 1.54) is 0 Å². The first-order valence-electron chi connectivity index (χ1n) is 3.51. The molecule has 0 aliphatic rings. The number of furan rings is 1. The molecule has 1 rings (SSSR count). The van der Waals surface area contributed by atoms with Crippen LogP contribution in [0.2, 0.25) is 0 Å². The molecule has 1 aromatic heterocycles. The third-order valence-electron chi connectivity index (χ3n) is 1.50. The molecular weight excluding hydrogens is 140 g/mol. The van der Waals surface area contributed by atoms with Gasteiger partial charge in [-0.15, -0.1) is 0 Å². The Hall–Kier alpha value is -1.27. The summed E-state index contributed by atoms with van der Waals surface area (Å²) < 4.78 is 5.06. The van der Waals surface area contributed by atoms with Crippen LogP contribution in [-0.2, 0) is 0 Å². The molecule has 0 amide bonds. The van der Waals surface area contributed by atoms with Crippen LogP contribution in [0.15, 0.2) is 22.8 Å². The lowest BCUT2D eigenvalue weighted by molar-refractivity contribution is 0.484. The predicted octanol–water partition coefficient (Wildman–Crippen LogP) is 1.24. The maximum atomic E-state index is 8.66. The lowest BCUT2D eigenvalue weighted by Crippen LogP contribution is -2.04. The van der Waals surface area contributed by atoms with Gasteiger partial charge in [0.05, 0.1) is 12.3 Å². The maximum absolute atomic E-state index is 8.66. The molecule has 1 heterocycles. The summed E-state index contributed by atoms with van der Waals surface area (Å²) >= 11 is 0. The summed E-state index contributed by atoms with van der Waals surface area (Å²) in [4.78, 5) is 0. The Labute approximate surface area is 65.4 Å². The summed E-state index contributed by atoms with van der Waals surface area (Å²) in [7, 11) is 0. The van der Waals surface area contributed by atoms with Crippen LogP contribution in [0.3, 0.4) is 0 Å². The number of nitrogens with zero attached hydrogens (tertiary/aromatic N) is 1. The summed E-state index contributed by atoms with van der Waals surface area (Å²) in [5, 5.41) is 8.66. The van der Waals surface area contributed by atoms with Crippen molar-refractivity contribution in [1.29, 1.82) is 5.26 Å². The highest BCUT2D eigenvalue weighted by Crippen LogP contribution is 2.17. The monoisotopic (exact) mass is 150 g/mol. The van der Waals surface area contributed by atoms with Gasteiger partial charge in [-0.05, 0) is 25.1 Å². The Morgan fingerprint density at radius 1 is 1.73 bits per heavy atom. The molecule has 58 valence electrons. The molecule has 0 saturated carbocycles. The fourth-order valence-corrected chi connectivity index (χ4v) is 0.927. The fraction of sp³-hybridized carbons (Fsp3) is 0.375. The number of hydrogen-bond donors (Lipinski definition) is 1. The van der Waals surface area contributed by atoms with Gasteiger partial charge in [0.25, 0.3) is 0 Å². The standard InChI is InChI=1S/C8H10N2O/c9-4-3-7(6-10)8-2-1-5-11-8/h1-2,5,7H,3-4,9H2. The highest BCUT2D eigenvalue weighted by atomic mass is 16.3. The molecule has 0 aromatic carbocycles. The van der Waals surface area contributed by atoms with Gasteiger partial charge in [0, 0.05) is 0 Å². The number of nitriles is 1. The van der Waals surface area contributed by atoms with Crippen molar-refractivity contribution in [2.24, 2.45) is 5.73 Å². The van der Waals surface area contributed by atoms with Crippen LogP contribution in [0, 0.1) is 11.3 Å². The van der Waals surface area contributed by atoms with Crippen molar-refractivity contribution in [1.82, 2.24) is 0 Å². The van der Waals surface area contributed by atoms with Gasteiger partial charge in [0.1, 0.15) is 11.7 Å². The predicted molar refractivity (Wildman–Crippen MR) is 40.7 cm³/mol. The van der Waals surface area contributed by atoms with E-state index in [0.717, 1.165) is 0 Å². The first kappa shape index (κ1) is 7.83. The van der Waals surface area contributed by atoms with Crippen molar-refractivity contribution >= 4 is 0 Å². The van der Waals surface area contributed by atoms with E-state index >= 15 is 0 Å². The van der Waals surface area contributed by atoms with E-state index in [2.05, 4.69) is 6.07 Å². The summed E-state index contributed by atoms with van der Waals surface area (Å²) in [5.74, 6) is 0.521. The van der Waals surface area contributed by atoms with Crippen LogP contribution in [-0.4, -0.2) is 6.54 Å². The Morgan fingerprint density at radius 3 is 3.00 bits per heavy atom. The Kier molecular flexibility index (Phi) is 2.70. The minimum absolute atomic E-state index is 0.185.